The molecule has 4 nitrogen and oxygen atoms in total. The molecule has 0 spiro atoms. The molecule has 0 fully saturated rings. The van der Waals surface area contributed by atoms with Crippen molar-refractivity contribution in [2.24, 2.45) is 5.41 Å². The van der Waals surface area contributed by atoms with Crippen molar-refractivity contribution in [3.63, 3.8) is 0 Å². The first-order valence-electron chi connectivity index (χ1n) is 7.78. The average molecular weight is 329 g/mol. The van der Waals surface area contributed by atoms with Crippen LogP contribution >= 0.6 is 0 Å². The minimum absolute atomic E-state index is 0.305. The molecular weight excluding hydrogens is 309 g/mol. The van der Waals surface area contributed by atoms with Gasteiger partial charge in [-0.2, -0.15) is 0 Å². The second-order valence-corrected chi connectivity index (χ2v) is 6.81. The number of carbonyl (C=O) groups is 1. The fourth-order valence-electron chi connectivity index (χ4n) is 3.48. The minimum atomic E-state index is -1.10. The third kappa shape index (κ3) is 2.82. The molecule has 24 heavy (non-hydrogen) atoms. The van der Waals surface area contributed by atoms with E-state index in [9.17, 15) is 9.18 Å². The first-order chi connectivity index (χ1) is 11.3. The standard InChI is InChI=1S/C19H20FNO3/c1-19(2)10-12-8-14(11-5-4-6-13(7-11)24-3)16(20)9-15(12)17(19)21-18(22)23/h4-9,17,21H,10H2,1-3H3,(H,22,23). The Balaban J connectivity index is 2.07. The lowest BCUT2D eigenvalue weighted by Crippen LogP contribution is -2.34. The molecular formula is C19H20FNO3. The van der Waals surface area contributed by atoms with Gasteiger partial charge in [0.2, 0.25) is 0 Å². The van der Waals surface area contributed by atoms with E-state index in [0.29, 0.717) is 23.3 Å². The lowest BCUT2D eigenvalue weighted by atomic mass is 9.85. The highest BCUT2D eigenvalue weighted by Gasteiger charge is 2.40. The monoisotopic (exact) mass is 329 g/mol. The number of fused-ring (bicyclic) bond motifs is 1. The van der Waals surface area contributed by atoms with E-state index < -0.39 is 12.1 Å². The molecule has 1 aliphatic rings. The number of halogens is 1. The quantitative estimate of drug-likeness (QED) is 0.878. The highest BCUT2D eigenvalue weighted by molar-refractivity contribution is 5.69. The predicted octanol–water partition coefficient (Wildman–Crippen LogP) is 4.39. The Hall–Kier alpha value is -2.56. The molecule has 0 saturated heterocycles. The van der Waals surface area contributed by atoms with E-state index in [-0.39, 0.29) is 11.2 Å². The summed E-state index contributed by atoms with van der Waals surface area (Å²) in [6.45, 7) is 3.97. The van der Waals surface area contributed by atoms with Crippen LogP contribution in [0.25, 0.3) is 11.1 Å². The largest absolute Gasteiger partial charge is 0.497 e. The summed E-state index contributed by atoms with van der Waals surface area (Å²) in [7, 11) is 1.57. The van der Waals surface area contributed by atoms with Gasteiger partial charge in [-0.3, -0.25) is 0 Å². The van der Waals surface area contributed by atoms with Gasteiger partial charge < -0.3 is 15.2 Å². The van der Waals surface area contributed by atoms with Crippen LogP contribution in [0.3, 0.4) is 0 Å². The lowest BCUT2D eigenvalue weighted by molar-refractivity contribution is 0.175. The predicted molar refractivity (Wildman–Crippen MR) is 89.8 cm³/mol. The molecule has 1 atom stereocenters. The molecule has 0 bridgehead atoms. The molecule has 0 aliphatic heterocycles. The van der Waals surface area contributed by atoms with Crippen LogP contribution in [-0.4, -0.2) is 18.3 Å². The first kappa shape index (κ1) is 16.3. The second-order valence-electron chi connectivity index (χ2n) is 6.81. The van der Waals surface area contributed by atoms with Crippen molar-refractivity contribution in [2.75, 3.05) is 7.11 Å². The van der Waals surface area contributed by atoms with E-state index in [0.717, 1.165) is 11.1 Å². The van der Waals surface area contributed by atoms with Gasteiger partial charge >= 0.3 is 6.09 Å². The van der Waals surface area contributed by atoms with Crippen molar-refractivity contribution in [3.8, 4) is 16.9 Å². The number of carboxylic acid groups (broad SMARTS) is 1. The number of methoxy groups -OCH3 is 1. The summed E-state index contributed by atoms with van der Waals surface area (Å²) in [5, 5.41) is 11.6. The maximum Gasteiger partial charge on any atom is 0.405 e. The zero-order valence-corrected chi connectivity index (χ0v) is 13.9. The van der Waals surface area contributed by atoms with Crippen molar-refractivity contribution in [1.82, 2.24) is 5.32 Å². The summed E-state index contributed by atoms with van der Waals surface area (Å²) in [4.78, 5) is 11.1. The summed E-state index contributed by atoms with van der Waals surface area (Å²) in [6.07, 6.45) is -0.414. The summed E-state index contributed by atoms with van der Waals surface area (Å²) >= 11 is 0. The molecule has 5 heteroatoms. The maximum absolute atomic E-state index is 14.7. The Morgan fingerprint density at radius 3 is 2.75 bits per heavy atom. The number of hydrogen-bond acceptors (Lipinski definition) is 2. The smallest absolute Gasteiger partial charge is 0.405 e. The molecule has 126 valence electrons. The summed E-state index contributed by atoms with van der Waals surface area (Å²) in [5.41, 5.74) is 2.62. The summed E-state index contributed by atoms with van der Waals surface area (Å²) in [5.74, 6) is 0.301. The Bertz CT molecular complexity index is 801. The Labute approximate surface area is 140 Å². The molecule has 1 aliphatic carbocycles. The van der Waals surface area contributed by atoms with Crippen molar-refractivity contribution in [1.29, 1.82) is 0 Å². The number of benzene rings is 2. The van der Waals surface area contributed by atoms with Gasteiger partial charge in [0, 0.05) is 5.56 Å². The normalized spacial score (nSPS) is 18.1. The van der Waals surface area contributed by atoms with Gasteiger partial charge in [0.25, 0.3) is 0 Å². The molecule has 0 heterocycles. The molecule has 3 rings (SSSR count). The maximum atomic E-state index is 14.7. The van der Waals surface area contributed by atoms with Crippen LogP contribution in [0.2, 0.25) is 0 Å². The summed E-state index contributed by atoms with van der Waals surface area (Å²) in [6, 6.07) is 10.1. The molecule has 0 radical (unpaired) electrons. The van der Waals surface area contributed by atoms with Gasteiger partial charge in [-0.25, -0.2) is 9.18 Å². The van der Waals surface area contributed by atoms with Crippen LogP contribution in [0.4, 0.5) is 9.18 Å². The molecule has 0 saturated carbocycles. The van der Waals surface area contributed by atoms with Crippen LogP contribution in [0.15, 0.2) is 36.4 Å². The van der Waals surface area contributed by atoms with Crippen LogP contribution < -0.4 is 10.1 Å². The first-order valence-corrected chi connectivity index (χ1v) is 7.78. The van der Waals surface area contributed by atoms with Crippen molar-refractivity contribution < 1.29 is 19.0 Å². The lowest BCUT2D eigenvalue weighted by Gasteiger charge is -2.27. The fourth-order valence-corrected chi connectivity index (χ4v) is 3.48. The topological polar surface area (TPSA) is 58.6 Å². The van der Waals surface area contributed by atoms with Gasteiger partial charge in [-0.1, -0.05) is 26.0 Å². The zero-order chi connectivity index (χ0) is 17.5. The molecule has 0 aromatic heterocycles. The van der Waals surface area contributed by atoms with Gasteiger partial charge in [0.05, 0.1) is 13.2 Å². The third-order valence-electron chi connectivity index (χ3n) is 4.62. The average Bonchev–Trinajstić information content (AvgIpc) is 2.76. The van der Waals surface area contributed by atoms with E-state index in [4.69, 9.17) is 9.84 Å². The van der Waals surface area contributed by atoms with Gasteiger partial charge in [0.15, 0.2) is 0 Å². The molecule has 2 aromatic rings. The molecule has 1 unspecified atom stereocenters. The van der Waals surface area contributed by atoms with Crippen LogP contribution in [0.5, 0.6) is 5.75 Å². The van der Waals surface area contributed by atoms with E-state index >= 15 is 0 Å². The Morgan fingerprint density at radius 1 is 1.33 bits per heavy atom. The van der Waals surface area contributed by atoms with E-state index in [1.54, 1.807) is 13.2 Å². The highest BCUT2D eigenvalue weighted by Crippen LogP contribution is 2.46. The Kier molecular flexibility index (Phi) is 3.95. The Morgan fingerprint density at radius 2 is 2.08 bits per heavy atom. The SMILES string of the molecule is COc1cccc(-c2cc3c(cc2F)C(NC(=O)O)C(C)(C)C3)c1. The number of ether oxygens (including phenoxy) is 1. The van der Waals surface area contributed by atoms with E-state index in [1.807, 2.05) is 38.1 Å². The number of hydrogen-bond donors (Lipinski definition) is 2. The van der Waals surface area contributed by atoms with Crippen LogP contribution in [0.1, 0.15) is 31.0 Å². The van der Waals surface area contributed by atoms with Gasteiger partial charge in [0.1, 0.15) is 11.6 Å². The molecule has 2 N–H and O–H groups in total. The van der Waals surface area contributed by atoms with Crippen LogP contribution in [-0.2, 0) is 6.42 Å². The van der Waals surface area contributed by atoms with Crippen molar-refractivity contribution >= 4 is 6.09 Å². The summed E-state index contributed by atoms with van der Waals surface area (Å²) < 4.78 is 19.9. The van der Waals surface area contributed by atoms with Gasteiger partial charge in [-0.05, 0) is 52.8 Å². The van der Waals surface area contributed by atoms with Crippen molar-refractivity contribution in [3.05, 3.63) is 53.3 Å². The number of nitrogens with one attached hydrogen (secondary N) is 1. The molecule has 1 amide bonds. The third-order valence-corrected chi connectivity index (χ3v) is 4.62. The van der Waals surface area contributed by atoms with Crippen molar-refractivity contribution in [2.45, 2.75) is 26.3 Å². The molecule has 2 aromatic carbocycles. The van der Waals surface area contributed by atoms with E-state index in [2.05, 4.69) is 5.32 Å². The van der Waals surface area contributed by atoms with Gasteiger partial charge in [-0.15, -0.1) is 0 Å². The second kappa shape index (κ2) is 5.82. The minimum Gasteiger partial charge on any atom is -0.497 e. The fraction of sp³-hybridized carbons (Fsp3) is 0.316. The number of amides is 1. The van der Waals surface area contributed by atoms with Crippen LogP contribution in [0, 0.1) is 11.2 Å². The zero-order valence-electron chi connectivity index (χ0n) is 13.9. The van der Waals surface area contributed by atoms with E-state index in [1.165, 1.54) is 6.07 Å². The number of rotatable bonds is 3. The highest BCUT2D eigenvalue weighted by atomic mass is 19.1.